The highest BCUT2D eigenvalue weighted by molar-refractivity contribution is 6.00. The van der Waals surface area contributed by atoms with Crippen molar-refractivity contribution >= 4 is 17.4 Å². The third-order valence-corrected chi connectivity index (χ3v) is 5.70. The maximum atomic E-state index is 13.7. The lowest BCUT2D eigenvalue weighted by atomic mass is 9.92. The molecule has 0 spiro atoms. The number of fused-ring (bicyclic) bond motifs is 3. The van der Waals surface area contributed by atoms with Crippen molar-refractivity contribution in [3.05, 3.63) is 41.7 Å². The first-order valence-electron chi connectivity index (χ1n) is 9.67. The van der Waals surface area contributed by atoms with Gasteiger partial charge in [0.05, 0.1) is 13.2 Å². The second-order valence-corrected chi connectivity index (χ2v) is 7.47. The second-order valence-electron chi connectivity index (χ2n) is 7.47. The third kappa shape index (κ3) is 3.26. The van der Waals surface area contributed by atoms with Crippen LogP contribution in [0.25, 0.3) is 0 Å². The lowest BCUT2D eigenvalue weighted by Gasteiger charge is -2.27. The summed E-state index contributed by atoms with van der Waals surface area (Å²) in [6.07, 6.45) is 0.593. The van der Waals surface area contributed by atoms with Crippen LogP contribution in [0, 0.1) is 5.82 Å². The first-order valence-corrected chi connectivity index (χ1v) is 9.67. The maximum absolute atomic E-state index is 13.7. The quantitative estimate of drug-likeness (QED) is 0.716. The van der Waals surface area contributed by atoms with Gasteiger partial charge < -0.3 is 14.8 Å². The van der Waals surface area contributed by atoms with E-state index in [1.54, 1.807) is 11.0 Å². The van der Waals surface area contributed by atoms with Crippen LogP contribution in [0.1, 0.15) is 17.9 Å². The monoisotopic (exact) mass is 399 g/mol. The lowest BCUT2D eigenvalue weighted by Crippen LogP contribution is -2.39. The van der Waals surface area contributed by atoms with Crippen LogP contribution < -0.4 is 30.5 Å². The van der Waals surface area contributed by atoms with Gasteiger partial charge in [0.25, 0.3) is 5.91 Å². The number of methoxy groups -OCH3 is 1. The molecule has 5 rings (SSSR count). The highest BCUT2D eigenvalue weighted by atomic mass is 19.1. The maximum Gasteiger partial charge on any atom is 0.250 e. The molecule has 2 saturated heterocycles. The molecule has 0 radical (unpaired) electrons. The van der Waals surface area contributed by atoms with Crippen LogP contribution in [0.4, 0.5) is 15.9 Å². The molecule has 3 aliphatic rings. The van der Waals surface area contributed by atoms with E-state index in [0.717, 1.165) is 12.1 Å². The van der Waals surface area contributed by atoms with Gasteiger partial charge in [0.2, 0.25) is 5.88 Å². The summed E-state index contributed by atoms with van der Waals surface area (Å²) in [5.41, 5.74) is 7.92. The van der Waals surface area contributed by atoms with E-state index < -0.39 is 11.9 Å². The van der Waals surface area contributed by atoms with Crippen LogP contribution in [-0.4, -0.2) is 49.8 Å². The van der Waals surface area contributed by atoms with E-state index in [0.29, 0.717) is 48.6 Å². The van der Waals surface area contributed by atoms with Crippen molar-refractivity contribution in [1.29, 1.82) is 0 Å². The molecular formula is C20H22FN5O3. The molecule has 29 heavy (non-hydrogen) atoms. The fourth-order valence-corrected chi connectivity index (χ4v) is 4.19. The minimum Gasteiger partial charge on any atom is -0.497 e. The van der Waals surface area contributed by atoms with Gasteiger partial charge in [0.15, 0.2) is 0 Å². The number of carbonyl (C=O) groups excluding carboxylic acids is 1. The molecule has 2 fully saturated rings. The average Bonchev–Trinajstić information content (AvgIpc) is 3.34. The number of nitrogens with zero attached hydrogens (tertiary/aromatic N) is 2. The normalized spacial score (nSPS) is 25.4. The van der Waals surface area contributed by atoms with Crippen molar-refractivity contribution < 1.29 is 18.7 Å². The number of halogens is 1. The van der Waals surface area contributed by atoms with Crippen molar-refractivity contribution in [3.63, 3.8) is 0 Å². The SMILES string of the molecule is COc1cc(F)cc(NC2CCN(c3ccc4c(n3)OCC3NNCC43)C2=O)c1. The number of hydrogen-bond acceptors (Lipinski definition) is 7. The number of carbonyl (C=O) groups is 1. The number of aromatic nitrogens is 1. The van der Waals surface area contributed by atoms with E-state index >= 15 is 0 Å². The van der Waals surface area contributed by atoms with E-state index in [4.69, 9.17) is 9.47 Å². The zero-order valence-corrected chi connectivity index (χ0v) is 15.9. The Hall–Kier alpha value is -2.91. The van der Waals surface area contributed by atoms with Crippen molar-refractivity contribution in [3.8, 4) is 11.6 Å². The summed E-state index contributed by atoms with van der Waals surface area (Å²) < 4.78 is 24.6. The van der Waals surface area contributed by atoms with Gasteiger partial charge in [-0.15, -0.1) is 0 Å². The van der Waals surface area contributed by atoms with Crippen molar-refractivity contribution in [1.82, 2.24) is 15.8 Å². The van der Waals surface area contributed by atoms with Gasteiger partial charge in [0.1, 0.15) is 30.0 Å². The number of amides is 1. The summed E-state index contributed by atoms with van der Waals surface area (Å²) in [7, 11) is 1.48. The van der Waals surface area contributed by atoms with Crippen LogP contribution in [0.3, 0.4) is 0 Å². The molecular weight excluding hydrogens is 377 g/mol. The minimum absolute atomic E-state index is 0.0986. The molecule has 0 saturated carbocycles. The van der Waals surface area contributed by atoms with E-state index in [1.807, 2.05) is 12.1 Å². The largest absolute Gasteiger partial charge is 0.497 e. The van der Waals surface area contributed by atoms with Crippen molar-refractivity contribution in [2.75, 3.05) is 37.0 Å². The predicted octanol–water partition coefficient (Wildman–Crippen LogP) is 1.40. The van der Waals surface area contributed by atoms with Crippen molar-refractivity contribution in [2.45, 2.75) is 24.4 Å². The van der Waals surface area contributed by atoms with Crippen LogP contribution in [0.15, 0.2) is 30.3 Å². The molecule has 8 nitrogen and oxygen atoms in total. The number of ether oxygens (including phenoxy) is 2. The summed E-state index contributed by atoms with van der Waals surface area (Å²) in [6, 6.07) is 7.97. The number of benzene rings is 1. The highest BCUT2D eigenvalue weighted by Crippen LogP contribution is 2.36. The summed E-state index contributed by atoms with van der Waals surface area (Å²) in [6.45, 7) is 1.90. The van der Waals surface area contributed by atoms with Crippen molar-refractivity contribution in [2.24, 2.45) is 0 Å². The molecule has 1 aromatic heterocycles. The number of nitrogens with one attached hydrogen (secondary N) is 3. The lowest BCUT2D eigenvalue weighted by molar-refractivity contribution is -0.117. The minimum atomic E-state index is -0.451. The van der Waals surface area contributed by atoms with E-state index in [-0.39, 0.29) is 11.9 Å². The Balaban J connectivity index is 1.33. The topological polar surface area (TPSA) is 87.8 Å². The molecule has 3 unspecified atom stereocenters. The van der Waals surface area contributed by atoms with Gasteiger partial charge in [-0.1, -0.05) is 0 Å². The highest BCUT2D eigenvalue weighted by Gasteiger charge is 2.37. The Morgan fingerprint density at radius 1 is 1.34 bits per heavy atom. The smallest absolute Gasteiger partial charge is 0.250 e. The predicted molar refractivity (Wildman–Crippen MR) is 105 cm³/mol. The third-order valence-electron chi connectivity index (χ3n) is 5.70. The molecule has 0 bridgehead atoms. The number of hydrazine groups is 1. The molecule has 1 amide bonds. The fraction of sp³-hybridized carbons (Fsp3) is 0.400. The Morgan fingerprint density at radius 3 is 3.10 bits per heavy atom. The van der Waals surface area contributed by atoms with Gasteiger partial charge in [-0.3, -0.25) is 20.5 Å². The van der Waals surface area contributed by atoms with Gasteiger partial charge >= 0.3 is 0 Å². The van der Waals surface area contributed by atoms with Gasteiger partial charge in [-0.2, -0.15) is 4.98 Å². The molecule has 3 atom stereocenters. The number of anilines is 2. The Bertz CT molecular complexity index is 956. The molecule has 152 valence electrons. The van der Waals surface area contributed by atoms with Crippen LogP contribution in [0.5, 0.6) is 11.6 Å². The van der Waals surface area contributed by atoms with Crippen LogP contribution in [0.2, 0.25) is 0 Å². The van der Waals surface area contributed by atoms with E-state index in [2.05, 4.69) is 21.2 Å². The Kier molecular flexibility index (Phi) is 4.48. The summed E-state index contributed by atoms with van der Waals surface area (Å²) in [5.74, 6) is 1.36. The van der Waals surface area contributed by atoms with Gasteiger partial charge in [-0.25, -0.2) is 4.39 Å². The average molecular weight is 399 g/mol. The summed E-state index contributed by atoms with van der Waals surface area (Å²) in [4.78, 5) is 19.2. The Morgan fingerprint density at radius 2 is 2.24 bits per heavy atom. The number of hydrogen-bond donors (Lipinski definition) is 3. The standard InChI is InChI=1S/C20H22FN5O3/c1-28-13-7-11(21)6-12(8-13)23-16-4-5-26(20(16)27)18-3-2-14-15-9-22-25-17(15)10-29-19(14)24-18/h2-3,6-8,15-17,22-23,25H,4-5,9-10H2,1H3. The number of rotatable bonds is 4. The fourth-order valence-electron chi connectivity index (χ4n) is 4.19. The second kappa shape index (κ2) is 7.16. The van der Waals surface area contributed by atoms with E-state index in [1.165, 1.54) is 19.2 Å². The first kappa shape index (κ1) is 18.1. The van der Waals surface area contributed by atoms with Gasteiger partial charge in [0, 0.05) is 42.4 Å². The zero-order valence-electron chi connectivity index (χ0n) is 15.9. The zero-order chi connectivity index (χ0) is 20.0. The molecule has 4 heterocycles. The van der Waals surface area contributed by atoms with Gasteiger partial charge in [-0.05, 0) is 24.6 Å². The molecule has 3 N–H and O–H groups in total. The molecule has 3 aliphatic heterocycles. The molecule has 9 heteroatoms. The molecule has 1 aromatic carbocycles. The first-order chi connectivity index (χ1) is 14.1. The van der Waals surface area contributed by atoms with E-state index in [9.17, 15) is 9.18 Å². The summed E-state index contributed by atoms with van der Waals surface area (Å²) >= 11 is 0. The molecule has 2 aromatic rings. The number of pyridine rings is 1. The summed E-state index contributed by atoms with van der Waals surface area (Å²) in [5, 5.41) is 3.11. The molecule has 0 aliphatic carbocycles. The Labute approximate surface area is 167 Å². The van der Waals surface area contributed by atoms with Crippen LogP contribution in [-0.2, 0) is 4.79 Å². The van der Waals surface area contributed by atoms with Crippen LogP contribution >= 0.6 is 0 Å².